The topological polar surface area (TPSA) is 106 Å². The molecule has 2 unspecified atom stereocenters. The molecule has 0 radical (unpaired) electrons. The van der Waals surface area contributed by atoms with E-state index in [-0.39, 0.29) is 18.6 Å². The Kier molecular flexibility index (Phi) is 4.95. The molecular weight excluding hydrogens is 360 g/mol. The molecule has 152 valence electrons. The van der Waals surface area contributed by atoms with Crippen LogP contribution in [0.4, 0.5) is 0 Å². The van der Waals surface area contributed by atoms with Gasteiger partial charge in [0, 0.05) is 30.2 Å². The average molecular weight is 388 g/mol. The van der Waals surface area contributed by atoms with Crippen LogP contribution in [-0.4, -0.2) is 50.0 Å². The van der Waals surface area contributed by atoms with Crippen LogP contribution in [0.15, 0.2) is 12.3 Å². The van der Waals surface area contributed by atoms with E-state index in [1.54, 1.807) is 23.9 Å². The van der Waals surface area contributed by atoms with E-state index in [4.69, 9.17) is 4.74 Å². The highest BCUT2D eigenvalue weighted by Gasteiger charge is 2.66. The molecule has 2 aromatic heterocycles. The second kappa shape index (κ2) is 6.84. The number of carbonyl (C=O) groups is 2. The monoisotopic (exact) mass is 388 g/mol. The molecule has 0 aromatic carbocycles. The van der Waals surface area contributed by atoms with Gasteiger partial charge in [0.1, 0.15) is 5.54 Å². The fraction of sp³-hybridized carbons (Fsp3) is 0.600. The summed E-state index contributed by atoms with van der Waals surface area (Å²) in [4.78, 5) is 29.9. The Morgan fingerprint density at radius 2 is 2.11 bits per heavy atom. The number of ether oxygens (including phenoxy) is 1. The fourth-order valence-corrected chi connectivity index (χ4v) is 4.01. The van der Waals surface area contributed by atoms with Crippen LogP contribution in [-0.2, 0) is 9.53 Å². The van der Waals surface area contributed by atoms with Crippen molar-refractivity contribution < 1.29 is 19.4 Å². The van der Waals surface area contributed by atoms with E-state index in [2.05, 4.69) is 15.4 Å². The zero-order chi connectivity index (χ0) is 20.9. The predicted molar refractivity (Wildman–Crippen MR) is 104 cm³/mol. The van der Waals surface area contributed by atoms with E-state index in [1.165, 1.54) is 0 Å². The standard InChI is InChI=1S/C20H28N4O4/c1-7-28-15-9-20(18(26)27,19(15,5)6)23-17(25)13-8-12(4)22-16-14(13)10-21-24(16)11(2)3/h8,10-11,15H,7,9H2,1-6H3,(H,23,25)(H,26,27). The highest BCUT2D eigenvalue weighted by molar-refractivity contribution is 6.07. The quantitative estimate of drug-likeness (QED) is 0.788. The van der Waals surface area contributed by atoms with Gasteiger partial charge < -0.3 is 15.2 Å². The van der Waals surface area contributed by atoms with Gasteiger partial charge in [-0.15, -0.1) is 0 Å². The lowest BCUT2D eigenvalue weighted by atomic mass is 9.54. The molecule has 3 rings (SSSR count). The normalized spacial score (nSPS) is 23.6. The third-order valence-electron chi connectivity index (χ3n) is 5.88. The molecule has 8 heteroatoms. The number of amides is 1. The smallest absolute Gasteiger partial charge is 0.330 e. The highest BCUT2D eigenvalue weighted by atomic mass is 16.5. The van der Waals surface area contributed by atoms with E-state index in [0.717, 1.165) is 0 Å². The van der Waals surface area contributed by atoms with Gasteiger partial charge in [-0.1, -0.05) is 13.8 Å². The second-order valence-corrected chi connectivity index (χ2v) is 8.27. The largest absolute Gasteiger partial charge is 0.479 e. The molecule has 1 amide bonds. The van der Waals surface area contributed by atoms with Crippen LogP contribution >= 0.6 is 0 Å². The van der Waals surface area contributed by atoms with Gasteiger partial charge in [-0.05, 0) is 33.8 Å². The summed E-state index contributed by atoms with van der Waals surface area (Å²) >= 11 is 0. The number of hydrogen-bond donors (Lipinski definition) is 2. The van der Waals surface area contributed by atoms with Crippen molar-refractivity contribution in [1.29, 1.82) is 0 Å². The molecular formula is C20H28N4O4. The van der Waals surface area contributed by atoms with E-state index in [0.29, 0.717) is 28.9 Å². The van der Waals surface area contributed by atoms with Crippen LogP contribution in [0.2, 0.25) is 0 Å². The maximum Gasteiger partial charge on any atom is 0.330 e. The molecule has 28 heavy (non-hydrogen) atoms. The SMILES string of the molecule is CCOC1CC(NC(=O)c2cc(C)nc3c2cnn3C(C)C)(C(=O)O)C1(C)C. The Morgan fingerprint density at radius 3 is 2.64 bits per heavy atom. The van der Waals surface area contributed by atoms with Crippen molar-refractivity contribution in [3.05, 3.63) is 23.5 Å². The molecule has 1 saturated carbocycles. The van der Waals surface area contributed by atoms with Crippen molar-refractivity contribution in [2.75, 3.05) is 6.61 Å². The Balaban J connectivity index is 2.00. The van der Waals surface area contributed by atoms with Gasteiger partial charge in [0.25, 0.3) is 5.91 Å². The first-order valence-electron chi connectivity index (χ1n) is 9.57. The third kappa shape index (κ3) is 2.87. The van der Waals surface area contributed by atoms with Crippen molar-refractivity contribution in [2.45, 2.75) is 65.6 Å². The van der Waals surface area contributed by atoms with Gasteiger partial charge in [-0.3, -0.25) is 4.79 Å². The Labute approximate surface area is 164 Å². The van der Waals surface area contributed by atoms with Gasteiger partial charge in [-0.25, -0.2) is 14.5 Å². The van der Waals surface area contributed by atoms with Crippen molar-refractivity contribution in [3.63, 3.8) is 0 Å². The van der Waals surface area contributed by atoms with Crippen LogP contribution in [0.1, 0.15) is 63.1 Å². The summed E-state index contributed by atoms with van der Waals surface area (Å²) in [6.07, 6.45) is 1.61. The van der Waals surface area contributed by atoms with Crippen molar-refractivity contribution >= 4 is 22.9 Å². The van der Waals surface area contributed by atoms with Gasteiger partial charge in [0.2, 0.25) is 0 Å². The average Bonchev–Trinajstić information content (AvgIpc) is 3.03. The number of hydrogen-bond acceptors (Lipinski definition) is 5. The van der Waals surface area contributed by atoms with Gasteiger partial charge in [0.05, 0.1) is 23.3 Å². The molecule has 2 atom stereocenters. The van der Waals surface area contributed by atoms with E-state index in [9.17, 15) is 14.7 Å². The molecule has 0 spiro atoms. The lowest BCUT2D eigenvalue weighted by Gasteiger charge is -2.58. The number of aromatic nitrogens is 3. The number of aliphatic carboxylic acids is 1. The number of carboxylic acid groups (broad SMARTS) is 1. The molecule has 0 saturated heterocycles. The van der Waals surface area contributed by atoms with Gasteiger partial charge in [-0.2, -0.15) is 5.10 Å². The Morgan fingerprint density at radius 1 is 1.43 bits per heavy atom. The number of pyridine rings is 1. The molecule has 2 heterocycles. The van der Waals surface area contributed by atoms with Crippen LogP contribution in [0, 0.1) is 12.3 Å². The maximum absolute atomic E-state index is 13.2. The predicted octanol–water partition coefficient (Wildman–Crippen LogP) is 2.71. The number of carbonyl (C=O) groups excluding carboxylic acids is 1. The minimum absolute atomic E-state index is 0.0885. The summed E-state index contributed by atoms with van der Waals surface area (Å²) in [6.45, 7) is 11.8. The molecule has 1 aliphatic carbocycles. The summed E-state index contributed by atoms with van der Waals surface area (Å²) in [7, 11) is 0. The molecule has 1 aliphatic rings. The van der Waals surface area contributed by atoms with Gasteiger partial charge in [0.15, 0.2) is 5.65 Å². The number of rotatable bonds is 6. The number of fused-ring (bicyclic) bond motifs is 1. The zero-order valence-corrected chi connectivity index (χ0v) is 17.2. The first kappa shape index (κ1) is 20.3. The lowest BCUT2D eigenvalue weighted by Crippen LogP contribution is -2.76. The molecule has 0 bridgehead atoms. The van der Waals surface area contributed by atoms with E-state index >= 15 is 0 Å². The number of aryl methyl sites for hydroxylation is 1. The molecule has 1 fully saturated rings. The summed E-state index contributed by atoms with van der Waals surface area (Å²) in [5, 5.41) is 17.7. The van der Waals surface area contributed by atoms with Gasteiger partial charge >= 0.3 is 5.97 Å². The summed E-state index contributed by atoms with van der Waals surface area (Å²) in [5.74, 6) is -1.49. The molecule has 8 nitrogen and oxygen atoms in total. The summed E-state index contributed by atoms with van der Waals surface area (Å²) in [5.41, 5.74) is -0.463. The fourth-order valence-electron chi connectivity index (χ4n) is 4.01. The maximum atomic E-state index is 13.2. The Hall–Kier alpha value is -2.48. The number of nitrogens with zero attached hydrogens (tertiary/aromatic N) is 3. The van der Waals surface area contributed by atoms with E-state index in [1.807, 2.05) is 34.6 Å². The van der Waals surface area contributed by atoms with Crippen molar-refractivity contribution in [3.8, 4) is 0 Å². The van der Waals surface area contributed by atoms with Crippen molar-refractivity contribution in [2.24, 2.45) is 5.41 Å². The molecule has 2 aromatic rings. The second-order valence-electron chi connectivity index (χ2n) is 8.27. The minimum atomic E-state index is -1.39. The Bertz CT molecular complexity index is 934. The summed E-state index contributed by atoms with van der Waals surface area (Å²) in [6, 6.07) is 1.76. The molecule has 0 aliphatic heterocycles. The highest BCUT2D eigenvalue weighted by Crippen LogP contribution is 2.51. The van der Waals surface area contributed by atoms with Crippen LogP contribution < -0.4 is 5.32 Å². The first-order valence-corrected chi connectivity index (χ1v) is 9.57. The minimum Gasteiger partial charge on any atom is -0.479 e. The van der Waals surface area contributed by atoms with Crippen LogP contribution in [0.5, 0.6) is 0 Å². The third-order valence-corrected chi connectivity index (χ3v) is 5.88. The number of nitrogens with one attached hydrogen (secondary N) is 1. The summed E-state index contributed by atoms with van der Waals surface area (Å²) < 4.78 is 7.42. The van der Waals surface area contributed by atoms with E-state index < -0.39 is 22.8 Å². The van der Waals surface area contributed by atoms with Crippen LogP contribution in [0.3, 0.4) is 0 Å². The van der Waals surface area contributed by atoms with Crippen molar-refractivity contribution in [1.82, 2.24) is 20.1 Å². The first-order chi connectivity index (χ1) is 13.0. The number of carboxylic acids is 1. The van der Waals surface area contributed by atoms with Crippen LogP contribution in [0.25, 0.3) is 11.0 Å². The zero-order valence-electron chi connectivity index (χ0n) is 17.2. The molecule has 2 N–H and O–H groups in total. The lowest BCUT2D eigenvalue weighted by molar-refractivity contribution is -0.190.